The summed E-state index contributed by atoms with van der Waals surface area (Å²) in [7, 11) is -4.42. The summed E-state index contributed by atoms with van der Waals surface area (Å²) >= 11 is 0. The Morgan fingerprint density at radius 1 is 0.895 bits per heavy atom. The van der Waals surface area contributed by atoms with Crippen molar-refractivity contribution >= 4 is 10.4 Å². The highest BCUT2D eigenvalue weighted by Crippen LogP contribution is 2.10. The lowest BCUT2D eigenvalue weighted by molar-refractivity contribution is -0.926. The molecule has 0 heterocycles. The van der Waals surface area contributed by atoms with Crippen LogP contribution in [0.4, 0.5) is 0 Å². The predicted octanol–water partition coefficient (Wildman–Crippen LogP) is 2.54. The van der Waals surface area contributed by atoms with E-state index in [4.69, 9.17) is 0 Å². The van der Waals surface area contributed by atoms with Crippen molar-refractivity contribution in [1.82, 2.24) is 0 Å². The van der Waals surface area contributed by atoms with Gasteiger partial charge in [-0.25, -0.2) is 8.42 Å². The summed E-state index contributed by atoms with van der Waals surface area (Å²) in [5.41, 5.74) is 0. The fourth-order valence-corrected chi connectivity index (χ4v) is 2.67. The SMILES string of the molecule is CCC[N+](CC)(CCC)CCC.CCOS(=O)(=O)[O-]. The summed E-state index contributed by atoms with van der Waals surface area (Å²) in [6.45, 7) is 16.0. The zero-order valence-corrected chi connectivity index (χ0v) is 14.0. The molecule has 6 heteroatoms. The first-order chi connectivity index (χ1) is 8.80. The molecule has 0 aliphatic rings. The maximum Gasteiger partial charge on any atom is 0.217 e. The van der Waals surface area contributed by atoms with Crippen LogP contribution in [0.25, 0.3) is 0 Å². The number of quaternary nitrogens is 1. The van der Waals surface area contributed by atoms with Gasteiger partial charge in [0.2, 0.25) is 10.4 Å². The van der Waals surface area contributed by atoms with Crippen molar-refractivity contribution in [3.63, 3.8) is 0 Å². The molecule has 0 radical (unpaired) electrons. The molecule has 0 aliphatic carbocycles. The third-order valence-corrected chi connectivity index (χ3v) is 3.55. The normalized spacial score (nSPS) is 11.9. The molecular formula is C13H31NO4S. The smallest absolute Gasteiger partial charge is 0.217 e. The number of rotatable bonds is 9. The van der Waals surface area contributed by atoms with Crippen LogP contribution >= 0.6 is 0 Å². The molecule has 0 fully saturated rings. The first kappa shape index (κ1) is 21.1. The maximum absolute atomic E-state index is 9.45. The van der Waals surface area contributed by atoms with E-state index in [1.54, 1.807) is 0 Å². The van der Waals surface area contributed by atoms with Crippen LogP contribution < -0.4 is 0 Å². The molecule has 19 heavy (non-hydrogen) atoms. The fourth-order valence-electron chi connectivity index (χ4n) is 2.38. The van der Waals surface area contributed by atoms with Gasteiger partial charge in [0, 0.05) is 0 Å². The fraction of sp³-hybridized carbons (Fsp3) is 1.00. The molecule has 0 unspecified atom stereocenters. The first-order valence-electron chi connectivity index (χ1n) is 7.26. The third-order valence-electron chi connectivity index (χ3n) is 3.03. The summed E-state index contributed by atoms with van der Waals surface area (Å²) in [4.78, 5) is 0. The van der Waals surface area contributed by atoms with Crippen LogP contribution in [0, 0.1) is 0 Å². The van der Waals surface area contributed by atoms with Crippen molar-refractivity contribution < 1.29 is 21.6 Å². The lowest BCUT2D eigenvalue weighted by Gasteiger charge is -2.37. The van der Waals surface area contributed by atoms with E-state index in [1.807, 2.05) is 0 Å². The molecule has 0 aliphatic heterocycles. The van der Waals surface area contributed by atoms with E-state index in [9.17, 15) is 13.0 Å². The summed E-state index contributed by atoms with van der Waals surface area (Å²) in [6, 6.07) is 0. The molecule has 0 aromatic carbocycles. The van der Waals surface area contributed by atoms with Crippen molar-refractivity contribution in [3.05, 3.63) is 0 Å². The van der Waals surface area contributed by atoms with Crippen molar-refractivity contribution in [2.75, 3.05) is 32.8 Å². The summed E-state index contributed by atoms with van der Waals surface area (Å²) in [5.74, 6) is 0. The van der Waals surface area contributed by atoms with Crippen LogP contribution in [0.15, 0.2) is 0 Å². The zero-order chi connectivity index (χ0) is 15.4. The highest BCUT2D eigenvalue weighted by atomic mass is 32.3. The quantitative estimate of drug-likeness (QED) is 0.372. The van der Waals surface area contributed by atoms with Gasteiger partial charge in [-0.1, -0.05) is 20.8 Å². The lowest BCUT2D eigenvalue weighted by Crippen LogP contribution is -2.49. The first-order valence-corrected chi connectivity index (χ1v) is 8.59. The van der Waals surface area contributed by atoms with Crippen LogP contribution in [0.3, 0.4) is 0 Å². The zero-order valence-electron chi connectivity index (χ0n) is 13.1. The molecule has 0 aromatic rings. The molecule has 118 valence electrons. The predicted molar refractivity (Wildman–Crippen MR) is 77.6 cm³/mol. The number of hydrogen-bond donors (Lipinski definition) is 0. The molecule has 0 bridgehead atoms. The van der Waals surface area contributed by atoms with Gasteiger partial charge in [0.1, 0.15) is 0 Å². The van der Waals surface area contributed by atoms with E-state index in [0.29, 0.717) is 0 Å². The minimum absolute atomic E-state index is 0.0914. The van der Waals surface area contributed by atoms with E-state index in [2.05, 4.69) is 31.9 Å². The second kappa shape index (κ2) is 11.6. The minimum Gasteiger partial charge on any atom is -0.726 e. The van der Waals surface area contributed by atoms with Gasteiger partial charge in [-0.3, -0.25) is 4.18 Å². The van der Waals surface area contributed by atoms with E-state index in [0.717, 1.165) is 0 Å². The van der Waals surface area contributed by atoms with E-state index in [1.165, 1.54) is 56.8 Å². The Bertz CT molecular complexity index is 274. The highest BCUT2D eigenvalue weighted by molar-refractivity contribution is 7.80. The Balaban J connectivity index is 0. The van der Waals surface area contributed by atoms with Crippen LogP contribution in [0.2, 0.25) is 0 Å². The molecule has 5 nitrogen and oxygen atoms in total. The van der Waals surface area contributed by atoms with Gasteiger partial charge in [-0.15, -0.1) is 0 Å². The van der Waals surface area contributed by atoms with Gasteiger partial charge in [0.25, 0.3) is 0 Å². The largest absolute Gasteiger partial charge is 0.726 e. The molecule has 0 spiro atoms. The molecule has 0 amide bonds. The second-order valence-electron chi connectivity index (χ2n) is 4.64. The molecule has 0 saturated heterocycles. The average molecular weight is 297 g/mol. The molecular weight excluding hydrogens is 266 g/mol. The monoisotopic (exact) mass is 297 g/mol. The highest BCUT2D eigenvalue weighted by Gasteiger charge is 2.21. The summed E-state index contributed by atoms with van der Waals surface area (Å²) < 4.78 is 33.4. The third kappa shape index (κ3) is 12.6. The van der Waals surface area contributed by atoms with Crippen LogP contribution in [-0.4, -0.2) is 50.2 Å². The van der Waals surface area contributed by atoms with Gasteiger partial charge < -0.3 is 9.04 Å². The van der Waals surface area contributed by atoms with Gasteiger partial charge in [0.15, 0.2) is 0 Å². The Kier molecular flexibility index (Phi) is 12.9. The van der Waals surface area contributed by atoms with Gasteiger partial charge >= 0.3 is 0 Å². The van der Waals surface area contributed by atoms with Crippen molar-refractivity contribution in [1.29, 1.82) is 0 Å². The maximum atomic E-state index is 9.45. The molecule has 0 saturated carbocycles. The topological polar surface area (TPSA) is 66.4 Å². The Morgan fingerprint density at radius 3 is 1.37 bits per heavy atom. The van der Waals surface area contributed by atoms with Gasteiger partial charge in [-0.05, 0) is 33.1 Å². The van der Waals surface area contributed by atoms with Crippen LogP contribution in [0.1, 0.15) is 53.9 Å². The molecule has 0 aromatic heterocycles. The van der Waals surface area contributed by atoms with Crippen molar-refractivity contribution in [3.8, 4) is 0 Å². The van der Waals surface area contributed by atoms with E-state index in [-0.39, 0.29) is 6.61 Å². The lowest BCUT2D eigenvalue weighted by atomic mass is 10.2. The van der Waals surface area contributed by atoms with Crippen LogP contribution in [-0.2, 0) is 14.6 Å². The summed E-state index contributed by atoms with van der Waals surface area (Å²) in [6.07, 6.45) is 3.98. The van der Waals surface area contributed by atoms with E-state index < -0.39 is 10.4 Å². The van der Waals surface area contributed by atoms with Crippen LogP contribution in [0.5, 0.6) is 0 Å². The second-order valence-corrected chi connectivity index (χ2v) is 5.70. The number of nitrogens with zero attached hydrogens (tertiary/aromatic N) is 1. The Morgan fingerprint density at radius 2 is 1.26 bits per heavy atom. The van der Waals surface area contributed by atoms with Crippen molar-refractivity contribution in [2.24, 2.45) is 0 Å². The standard InChI is InChI=1S/C11H26N.C2H6O4S/c1-5-9-12(8-4,10-6-2)11-7-3;1-2-6-7(3,4)5/h5-11H2,1-4H3;2H2,1H3,(H,3,4,5)/q+1;/p-1. The van der Waals surface area contributed by atoms with Gasteiger partial charge in [0.05, 0.1) is 32.8 Å². The Labute approximate surface area is 119 Å². The minimum atomic E-state index is -4.42. The molecule has 0 rings (SSSR count). The summed E-state index contributed by atoms with van der Waals surface area (Å²) in [5, 5.41) is 0. The Hall–Kier alpha value is -0.170. The van der Waals surface area contributed by atoms with Gasteiger partial charge in [-0.2, -0.15) is 0 Å². The van der Waals surface area contributed by atoms with E-state index >= 15 is 0 Å². The average Bonchev–Trinajstić information content (AvgIpc) is 2.29. The van der Waals surface area contributed by atoms with Crippen molar-refractivity contribution in [2.45, 2.75) is 53.9 Å². The number of hydrogen-bond acceptors (Lipinski definition) is 4. The molecule has 0 N–H and O–H groups in total. The molecule has 0 atom stereocenters.